The minimum Gasteiger partial charge on any atom is -0.394 e. The van der Waals surface area contributed by atoms with Crippen molar-refractivity contribution in [3.63, 3.8) is 0 Å². The van der Waals surface area contributed by atoms with Crippen molar-refractivity contribution in [2.24, 2.45) is 5.41 Å². The van der Waals surface area contributed by atoms with E-state index in [9.17, 15) is 15.0 Å². The molecule has 1 rings (SSSR count). The fraction of sp³-hybridized carbons (Fsp3) is 0.923. The number of hydrogen-bond acceptors (Lipinski definition) is 4. The smallest absolute Gasteiger partial charge is 0.228 e. The molecule has 0 bridgehead atoms. The van der Waals surface area contributed by atoms with Crippen LogP contribution < -0.4 is 10.6 Å². The summed E-state index contributed by atoms with van der Waals surface area (Å²) < 4.78 is 0. The van der Waals surface area contributed by atoms with Crippen molar-refractivity contribution in [3.8, 4) is 0 Å². The van der Waals surface area contributed by atoms with Gasteiger partial charge in [0.05, 0.1) is 24.2 Å². The number of hydrogen-bond donors (Lipinski definition) is 4. The Morgan fingerprint density at radius 1 is 1.39 bits per heavy atom. The van der Waals surface area contributed by atoms with Gasteiger partial charge in [-0.15, -0.1) is 0 Å². The lowest BCUT2D eigenvalue weighted by atomic mass is 9.80. The molecule has 4 N–H and O–H groups in total. The second-order valence-electron chi connectivity index (χ2n) is 5.36. The molecule has 1 aliphatic heterocycles. The molecule has 106 valence electrons. The Kier molecular flexibility index (Phi) is 5.56. The van der Waals surface area contributed by atoms with E-state index in [4.69, 9.17) is 0 Å². The van der Waals surface area contributed by atoms with Gasteiger partial charge >= 0.3 is 0 Å². The second-order valence-corrected chi connectivity index (χ2v) is 5.36. The summed E-state index contributed by atoms with van der Waals surface area (Å²) in [5, 5.41) is 24.9. The molecule has 1 atom stereocenters. The number of rotatable bonds is 7. The van der Waals surface area contributed by atoms with Gasteiger partial charge in [-0.1, -0.05) is 20.3 Å². The maximum Gasteiger partial charge on any atom is 0.228 e. The summed E-state index contributed by atoms with van der Waals surface area (Å²) in [6.07, 6.45) is 3.12. The van der Waals surface area contributed by atoms with E-state index in [1.54, 1.807) is 0 Å². The van der Waals surface area contributed by atoms with Crippen molar-refractivity contribution in [1.29, 1.82) is 0 Å². The molecular formula is C13H26N2O3. The van der Waals surface area contributed by atoms with Crippen molar-refractivity contribution in [2.45, 2.75) is 45.1 Å². The zero-order valence-corrected chi connectivity index (χ0v) is 11.5. The Morgan fingerprint density at radius 2 is 2.06 bits per heavy atom. The van der Waals surface area contributed by atoms with E-state index in [1.165, 1.54) is 0 Å². The largest absolute Gasteiger partial charge is 0.394 e. The lowest BCUT2D eigenvalue weighted by molar-refractivity contribution is -0.134. The van der Waals surface area contributed by atoms with Crippen LogP contribution in [0.25, 0.3) is 0 Å². The molecule has 1 unspecified atom stereocenters. The highest BCUT2D eigenvalue weighted by Gasteiger charge is 2.43. The quantitative estimate of drug-likeness (QED) is 0.519. The van der Waals surface area contributed by atoms with E-state index in [0.717, 1.165) is 25.8 Å². The summed E-state index contributed by atoms with van der Waals surface area (Å²) in [5.41, 5.74) is -1.26. The van der Waals surface area contributed by atoms with Gasteiger partial charge in [-0.2, -0.15) is 0 Å². The Balaban J connectivity index is 2.78. The summed E-state index contributed by atoms with van der Waals surface area (Å²) in [5.74, 6) is -0.0423. The van der Waals surface area contributed by atoms with Gasteiger partial charge < -0.3 is 20.8 Å². The monoisotopic (exact) mass is 258 g/mol. The number of aliphatic hydroxyl groups excluding tert-OH is 2. The van der Waals surface area contributed by atoms with E-state index in [2.05, 4.69) is 17.6 Å². The van der Waals surface area contributed by atoms with Crippen LogP contribution in [0.2, 0.25) is 0 Å². The second kappa shape index (κ2) is 6.50. The van der Waals surface area contributed by atoms with Gasteiger partial charge in [0.15, 0.2) is 0 Å². The highest BCUT2D eigenvalue weighted by atomic mass is 16.3. The van der Waals surface area contributed by atoms with Crippen LogP contribution in [0.1, 0.15) is 39.5 Å². The van der Waals surface area contributed by atoms with Crippen LogP contribution in [0.4, 0.5) is 0 Å². The number of carbonyl (C=O) groups is 1. The minimum absolute atomic E-state index is 0.0423. The van der Waals surface area contributed by atoms with Crippen LogP contribution in [0.3, 0.4) is 0 Å². The summed E-state index contributed by atoms with van der Waals surface area (Å²) in [6, 6.07) is 0. The molecule has 0 aromatic rings. The van der Waals surface area contributed by atoms with Gasteiger partial charge in [-0.25, -0.2) is 0 Å². The Morgan fingerprint density at radius 3 is 2.44 bits per heavy atom. The van der Waals surface area contributed by atoms with Crippen molar-refractivity contribution < 1.29 is 15.0 Å². The van der Waals surface area contributed by atoms with Crippen LogP contribution in [0, 0.1) is 5.41 Å². The minimum atomic E-state index is -0.888. The molecule has 0 aliphatic carbocycles. The first-order chi connectivity index (χ1) is 8.58. The molecule has 0 spiro atoms. The van der Waals surface area contributed by atoms with E-state index in [-0.39, 0.29) is 24.5 Å². The first-order valence-electron chi connectivity index (χ1n) is 6.83. The van der Waals surface area contributed by atoms with Gasteiger partial charge in [0.25, 0.3) is 0 Å². The zero-order chi connectivity index (χ0) is 13.6. The van der Waals surface area contributed by atoms with E-state index in [1.807, 2.05) is 6.92 Å². The third-order valence-electron chi connectivity index (χ3n) is 4.11. The van der Waals surface area contributed by atoms with Gasteiger partial charge in [-0.3, -0.25) is 4.79 Å². The van der Waals surface area contributed by atoms with Crippen LogP contribution in [-0.4, -0.2) is 48.0 Å². The SMILES string of the molecule is CCCC1(C(=O)NC(CC)(CO)CO)CCNC1. The van der Waals surface area contributed by atoms with Crippen LogP contribution in [0.5, 0.6) is 0 Å². The molecule has 0 radical (unpaired) electrons. The Labute approximate surface area is 109 Å². The van der Waals surface area contributed by atoms with Gasteiger partial charge in [0, 0.05) is 6.54 Å². The van der Waals surface area contributed by atoms with Gasteiger partial charge in [-0.05, 0) is 25.8 Å². The predicted molar refractivity (Wildman–Crippen MR) is 70.2 cm³/mol. The number of aliphatic hydroxyl groups is 2. The molecule has 1 heterocycles. The first kappa shape index (κ1) is 15.4. The Bertz CT molecular complexity index is 263. The summed E-state index contributed by atoms with van der Waals surface area (Å²) in [7, 11) is 0. The molecule has 1 fully saturated rings. The average molecular weight is 258 g/mol. The molecule has 1 saturated heterocycles. The predicted octanol–water partition coefficient (Wildman–Crippen LogP) is 0.0158. The molecule has 5 nitrogen and oxygen atoms in total. The van der Waals surface area contributed by atoms with E-state index >= 15 is 0 Å². The van der Waals surface area contributed by atoms with Crippen LogP contribution >= 0.6 is 0 Å². The highest BCUT2D eigenvalue weighted by Crippen LogP contribution is 2.32. The lowest BCUT2D eigenvalue weighted by Crippen LogP contribution is -2.58. The molecule has 1 aliphatic rings. The van der Waals surface area contributed by atoms with E-state index < -0.39 is 5.54 Å². The lowest BCUT2D eigenvalue weighted by Gasteiger charge is -2.35. The fourth-order valence-electron chi connectivity index (χ4n) is 2.56. The summed E-state index contributed by atoms with van der Waals surface area (Å²) >= 11 is 0. The molecule has 1 amide bonds. The standard InChI is InChI=1S/C13H26N2O3/c1-3-5-12(6-7-14-8-12)11(18)15-13(4-2,9-16)10-17/h14,16-17H,3-10H2,1-2H3,(H,15,18). The summed E-state index contributed by atoms with van der Waals surface area (Å²) in [6.45, 7) is 4.99. The normalized spacial score (nSPS) is 24.2. The van der Waals surface area contributed by atoms with Crippen molar-refractivity contribution in [1.82, 2.24) is 10.6 Å². The van der Waals surface area contributed by atoms with Crippen molar-refractivity contribution >= 4 is 5.91 Å². The molecule has 18 heavy (non-hydrogen) atoms. The maximum atomic E-state index is 12.5. The zero-order valence-electron chi connectivity index (χ0n) is 11.5. The topological polar surface area (TPSA) is 81.6 Å². The van der Waals surface area contributed by atoms with Gasteiger partial charge in [0.2, 0.25) is 5.91 Å². The Hall–Kier alpha value is -0.650. The molecule has 0 aromatic carbocycles. The number of amides is 1. The third-order valence-corrected chi connectivity index (χ3v) is 4.11. The molecule has 5 heteroatoms. The van der Waals surface area contributed by atoms with Gasteiger partial charge in [0.1, 0.15) is 0 Å². The molecule has 0 saturated carbocycles. The molecule has 0 aromatic heterocycles. The summed E-state index contributed by atoms with van der Waals surface area (Å²) in [4.78, 5) is 12.5. The van der Waals surface area contributed by atoms with Crippen LogP contribution in [-0.2, 0) is 4.79 Å². The van der Waals surface area contributed by atoms with Crippen LogP contribution in [0.15, 0.2) is 0 Å². The number of carbonyl (C=O) groups excluding carboxylic acids is 1. The van der Waals surface area contributed by atoms with Crippen molar-refractivity contribution in [2.75, 3.05) is 26.3 Å². The molecular weight excluding hydrogens is 232 g/mol. The number of nitrogens with one attached hydrogen (secondary N) is 2. The fourth-order valence-corrected chi connectivity index (χ4v) is 2.56. The van der Waals surface area contributed by atoms with E-state index in [0.29, 0.717) is 13.0 Å². The van der Waals surface area contributed by atoms with Crippen molar-refractivity contribution in [3.05, 3.63) is 0 Å². The maximum absolute atomic E-state index is 12.5. The highest BCUT2D eigenvalue weighted by molar-refractivity contribution is 5.84. The average Bonchev–Trinajstić information content (AvgIpc) is 2.86. The third kappa shape index (κ3) is 3.02. The first-order valence-corrected chi connectivity index (χ1v) is 6.83.